The van der Waals surface area contributed by atoms with Crippen LogP contribution in [0.5, 0.6) is 5.75 Å². The maximum absolute atomic E-state index is 13.9. The van der Waals surface area contributed by atoms with Gasteiger partial charge in [-0.2, -0.15) is 0 Å². The van der Waals surface area contributed by atoms with Crippen molar-refractivity contribution in [2.24, 2.45) is 0 Å². The summed E-state index contributed by atoms with van der Waals surface area (Å²) in [5.41, 5.74) is 0.168. The Kier molecular flexibility index (Phi) is 8.03. The second kappa shape index (κ2) is 10.7. The summed E-state index contributed by atoms with van der Waals surface area (Å²) in [6, 6.07) is 3.11. The van der Waals surface area contributed by atoms with E-state index in [9.17, 15) is 18.8 Å². The molecule has 10 heteroatoms. The first-order chi connectivity index (χ1) is 15.2. The van der Waals surface area contributed by atoms with E-state index in [0.29, 0.717) is 38.1 Å². The van der Waals surface area contributed by atoms with Crippen LogP contribution in [0.2, 0.25) is 0 Å². The fraction of sp³-hybridized carbons (Fsp3) is 0.591. The summed E-state index contributed by atoms with van der Waals surface area (Å²) in [6.07, 6.45) is 1.51. The van der Waals surface area contributed by atoms with E-state index in [1.54, 1.807) is 26.0 Å². The van der Waals surface area contributed by atoms with Gasteiger partial charge in [-0.25, -0.2) is 4.39 Å². The number of hydrogen-bond acceptors (Lipinski definition) is 6. The fourth-order valence-corrected chi connectivity index (χ4v) is 3.98. The van der Waals surface area contributed by atoms with Gasteiger partial charge in [-0.3, -0.25) is 14.4 Å². The molecule has 0 aromatic heterocycles. The minimum Gasteiger partial charge on any atom is -0.491 e. The number of halogens is 1. The van der Waals surface area contributed by atoms with Crippen molar-refractivity contribution < 1.29 is 23.5 Å². The highest BCUT2D eigenvalue weighted by molar-refractivity contribution is 5.96. The van der Waals surface area contributed by atoms with Crippen LogP contribution < -0.4 is 20.7 Å². The third kappa shape index (κ3) is 6.39. The summed E-state index contributed by atoms with van der Waals surface area (Å²) in [6.45, 7) is 1.38. The Labute approximate surface area is 187 Å². The van der Waals surface area contributed by atoms with Gasteiger partial charge in [0, 0.05) is 32.2 Å². The molecule has 0 radical (unpaired) electrons. The Bertz CT molecular complexity index is 850. The molecule has 2 heterocycles. The Hall–Kier alpha value is -2.72. The molecule has 1 saturated heterocycles. The largest absolute Gasteiger partial charge is 0.491 e. The van der Waals surface area contributed by atoms with E-state index in [1.165, 1.54) is 23.1 Å². The van der Waals surface area contributed by atoms with E-state index in [1.807, 2.05) is 0 Å². The second-order valence-corrected chi connectivity index (χ2v) is 8.72. The third-order valence-corrected chi connectivity index (χ3v) is 5.62. The summed E-state index contributed by atoms with van der Waals surface area (Å²) >= 11 is 0. The Morgan fingerprint density at radius 1 is 1.31 bits per heavy atom. The number of fused-ring (bicyclic) bond motifs is 3. The van der Waals surface area contributed by atoms with Crippen LogP contribution in [0.25, 0.3) is 0 Å². The van der Waals surface area contributed by atoms with E-state index in [2.05, 4.69) is 16.0 Å². The van der Waals surface area contributed by atoms with E-state index >= 15 is 0 Å². The van der Waals surface area contributed by atoms with Crippen LogP contribution in [0.3, 0.4) is 0 Å². The van der Waals surface area contributed by atoms with Crippen molar-refractivity contribution in [1.82, 2.24) is 25.8 Å². The lowest BCUT2D eigenvalue weighted by atomic mass is 10.1. The van der Waals surface area contributed by atoms with Crippen LogP contribution in [0.4, 0.5) is 4.39 Å². The normalized spacial score (nSPS) is 24.8. The molecule has 2 aliphatic heterocycles. The number of likely N-dealkylation sites (N-methyl/N-ethyl adjacent to an activating group) is 1. The van der Waals surface area contributed by atoms with Crippen molar-refractivity contribution in [2.45, 2.75) is 37.4 Å². The lowest BCUT2D eigenvalue weighted by molar-refractivity contribution is -0.129. The number of amides is 3. The predicted molar refractivity (Wildman–Crippen MR) is 117 cm³/mol. The molecule has 32 heavy (non-hydrogen) atoms. The van der Waals surface area contributed by atoms with Crippen LogP contribution in [-0.2, 0) is 9.59 Å². The Morgan fingerprint density at radius 3 is 2.84 bits per heavy atom. The standard InChI is InChI=1S/C22H32FN5O4/c1-27(2)12-20(29)26-18-5-4-8-28(3)22(31)17-9-14(23)6-7-19(17)32-13-16-10-15(11-24-16)25-21(18)30/h6-7,9,15-16,18,24H,4-5,8,10-13H2,1-3H3,(H,25,30)(H,26,29)/t15-,16+,18+/m1/s1. The van der Waals surface area contributed by atoms with Gasteiger partial charge < -0.3 is 30.5 Å². The molecular formula is C22H32FN5O4. The predicted octanol–water partition coefficient (Wildman–Crippen LogP) is -0.0366. The number of carbonyl (C=O) groups excluding carboxylic acids is 3. The quantitative estimate of drug-likeness (QED) is 0.599. The SMILES string of the molecule is CN(C)CC(=O)N[C@H]1CCCN(C)C(=O)c2cc(F)ccc2OC[C@@H]2C[C@H](CN2)NC1=O. The van der Waals surface area contributed by atoms with Crippen LogP contribution in [0.15, 0.2) is 18.2 Å². The first kappa shape index (κ1) is 23.9. The average molecular weight is 450 g/mol. The average Bonchev–Trinajstić information content (AvgIpc) is 3.17. The van der Waals surface area contributed by atoms with E-state index in [0.717, 1.165) is 0 Å². The van der Waals surface area contributed by atoms with E-state index < -0.39 is 11.9 Å². The zero-order valence-corrected chi connectivity index (χ0v) is 18.8. The number of nitrogens with zero attached hydrogens (tertiary/aromatic N) is 2. The van der Waals surface area contributed by atoms with Gasteiger partial charge in [-0.05, 0) is 51.6 Å². The summed E-state index contributed by atoms with van der Waals surface area (Å²) in [5.74, 6) is -1.01. The highest BCUT2D eigenvalue weighted by Gasteiger charge is 2.30. The van der Waals surface area contributed by atoms with Crippen molar-refractivity contribution in [2.75, 3.05) is 47.4 Å². The molecule has 2 aliphatic rings. The summed E-state index contributed by atoms with van der Waals surface area (Å²) in [4.78, 5) is 41.3. The first-order valence-corrected chi connectivity index (χ1v) is 10.9. The maximum atomic E-state index is 13.9. The van der Waals surface area contributed by atoms with Crippen molar-refractivity contribution in [3.63, 3.8) is 0 Å². The molecule has 1 aromatic rings. The molecule has 1 fully saturated rings. The van der Waals surface area contributed by atoms with Crippen LogP contribution in [0, 0.1) is 5.82 Å². The molecule has 176 valence electrons. The third-order valence-electron chi connectivity index (χ3n) is 5.62. The Morgan fingerprint density at radius 2 is 2.09 bits per heavy atom. The van der Waals surface area contributed by atoms with Crippen LogP contribution >= 0.6 is 0 Å². The molecule has 2 bridgehead atoms. The summed E-state index contributed by atoms with van der Waals surface area (Å²) in [7, 11) is 5.19. The molecular weight excluding hydrogens is 417 g/mol. The highest BCUT2D eigenvalue weighted by Crippen LogP contribution is 2.23. The zero-order valence-electron chi connectivity index (χ0n) is 18.8. The molecule has 9 nitrogen and oxygen atoms in total. The minimum absolute atomic E-state index is 0.0297. The molecule has 3 atom stereocenters. The van der Waals surface area contributed by atoms with Gasteiger partial charge in [0.1, 0.15) is 24.2 Å². The molecule has 3 rings (SSSR count). The van der Waals surface area contributed by atoms with Gasteiger partial charge in [0.2, 0.25) is 11.8 Å². The van der Waals surface area contributed by atoms with Gasteiger partial charge >= 0.3 is 0 Å². The zero-order chi connectivity index (χ0) is 23.3. The monoisotopic (exact) mass is 449 g/mol. The van der Waals surface area contributed by atoms with E-state index in [4.69, 9.17) is 4.74 Å². The van der Waals surface area contributed by atoms with Crippen LogP contribution in [0.1, 0.15) is 29.6 Å². The maximum Gasteiger partial charge on any atom is 0.257 e. The van der Waals surface area contributed by atoms with Crippen molar-refractivity contribution in [3.05, 3.63) is 29.6 Å². The molecule has 0 saturated carbocycles. The number of carbonyl (C=O) groups is 3. The van der Waals surface area contributed by atoms with Crippen molar-refractivity contribution in [3.8, 4) is 5.75 Å². The fourth-order valence-electron chi connectivity index (χ4n) is 3.98. The van der Waals surface area contributed by atoms with Crippen molar-refractivity contribution >= 4 is 17.7 Å². The Balaban J connectivity index is 1.79. The van der Waals surface area contributed by atoms with Crippen molar-refractivity contribution in [1.29, 1.82) is 0 Å². The highest BCUT2D eigenvalue weighted by atomic mass is 19.1. The number of benzene rings is 1. The number of nitrogens with one attached hydrogen (secondary N) is 3. The molecule has 3 amide bonds. The smallest absolute Gasteiger partial charge is 0.257 e. The number of hydrogen-bond donors (Lipinski definition) is 3. The first-order valence-electron chi connectivity index (χ1n) is 10.9. The molecule has 3 N–H and O–H groups in total. The number of ether oxygens (including phenoxy) is 1. The minimum atomic E-state index is -0.698. The summed E-state index contributed by atoms with van der Waals surface area (Å²) < 4.78 is 19.7. The number of rotatable bonds is 3. The van der Waals surface area contributed by atoms with Gasteiger partial charge in [0.15, 0.2) is 0 Å². The summed E-state index contributed by atoms with van der Waals surface area (Å²) in [5, 5.41) is 9.13. The lowest BCUT2D eigenvalue weighted by Gasteiger charge is -2.23. The topological polar surface area (TPSA) is 103 Å². The van der Waals surface area contributed by atoms with Gasteiger partial charge in [0.05, 0.1) is 12.1 Å². The molecule has 0 spiro atoms. The van der Waals surface area contributed by atoms with Gasteiger partial charge in [-0.1, -0.05) is 0 Å². The second-order valence-electron chi connectivity index (χ2n) is 8.72. The molecule has 0 aliphatic carbocycles. The van der Waals surface area contributed by atoms with Crippen LogP contribution in [-0.4, -0.2) is 93.0 Å². The van der Waals surface area contributed by atoms with E-state index in [-0.39, 0.29) is 48.5 Å². The molecule has 0 unspecified atom stereocenters. The van der Waals surface area contributed by atoms with Gasteiger partial charge in [-0.15, -0.1) is 0 Å². The lowest BCUT2D eigenvalue weighted by Crippen LogP contribution is -2.51. The molecule has 1 aromatic carbocycles. The van der Waals surface area contributed by atoms with Gasteiger partial charge in [0.25, 0.3) is 5.91 Å².